The lowest BCUT2D eigenvalue weighted by Crippen LogP contribution is -2.47. The number of furan rings is 1. The molecule has 0 saturated carbocycles. The van der Waals surface area contributed by atoms with Gasteiger partial charge in [-0.15, -0.1) is 0 Å². The van der Waals surface area contributed by atoms with Crippen molar-refractivity contribution in [1.29, 1.82) is 0 Å². The van der Waals surface area contributed by atoms with Gasteiger partial charge in [-0.3, -0.25) is 4.79 Å². The maximum absolute atomic E-state index is 14.5. The molecular weight excluding hydrogens is 562 g/mol. The summed E-state index contributed by atoms with van der Waals surface area (Å²) in [5.74, 6) is -1.17. The molecule has 5 nitrogen and oxygen atoms in total. The van der Waals surface area contributed by atoms with Gasteiger partial charge in [0.1, 0.15) is 17.0 Å². The topological polar surface area (TPSA) is 67.6 Å². The molecule has 7 heteroatoms. The number of rotatable bonds is 5. The third-order valence-electron chi connectivity index (χ3n) is 7.09. The van der Waals surface area contributed by atoms with E-state index in [9.17, 15) is 13.2 Å². The zero-order valence-electron chi connectivity index (χ0n) is 20.5. The molecule has 2 atom stereocenters. The molecule has 1 amide bonds. The van der Waals surface area contributed by atoms with Crippen LogP contribution in [-0.2, 0) is 21.2 Å². The molecule has 1 aromatic heterocycles. The van der Waals surface area contributed by atoms with Gasteiger partial charge in [0.2, 0.25) is 5.91 Å². The summed E-state index contributed by atoms with van der Waals surface area (Å²) in [5.41, 5.74) is 3.59. The highest BCUT2D eigenvalue weighted by molar-refractivity contribution is 9.10. The summed E-state index contributed by atoms with van der Waals surface area (Å²) in [6, 6.07) is 31.3. The fourth-order valence-electron chi connectivity index (χ4n) is 5.24. The van der Waals surface area contributed by atoms with Crippen LogP contribution in [0.3, 0.4) is 0 Å². The Balaban J connectivity index is 1.62. The van der Waals surface area contributed by atoms with Crippen LogP contribution in [0.5, 0.6) is 0 Å². The fourth-order valence-corrected chi connectivity index (χ4v) is 6.99. The normalized spacial score (nSPS) is 17.5. The van der Waals surface area contributed by atoms with Crippen molar-refractivity contribution >= 4 is 48.5 Å². The first-order valence-electron chi connectivity index (χ1n) is 12.3. The standard InChI is InChI=1S/C31H24BrNO4S/c1-20-11-17-24(18-12-20)38(35,36)33-29-25-9-5-6-10-27(25)37-30(29)28(22-13-15-23(32)16-14-22)26(31(33)34)19-21-7-3-2-4-8-21/h2-18,26,28H,19H2,1H3/t26-,28+/m0/s1. The average Bonchev–Trinajstić information content (AvgIpc) is 3.29. The Kier molecular flexibility index (Phi) is 6.20. The predicted molar refractivity (Wildman–Crippen MR) is 152 cm³/mol. The van der Waals surface area contributed by atoms with Crippen molar-refractivity contribution in [2.24, 2.45) is 5.92 Å². The Bertz CT molecular complexity index is 1740. The number of halogens is 1. The molecule has 0 saturated heterocycles. The number of fused-ring (bicyclic) bond motifs is 3. The van der Waals surface area contributed by atoms with Crippen molar-refractivity contribution in [3.8, 4) is 0 Å². The lowest BCUT2D eigenvalue weighted by Gasteiger charge is -2.36. The number of para-hydroxylation sites is 1. The minimum Gasteiger partial charge on any atom is -0.458 e. The molecule has 190 valence electrons. The third kappa shape index (κ3) is 4.16. The minimum absolute atomic E-state index is 0.0632. The molecule has 1 aliphatic heterocycles. The van der Waals surface area contributed by atoms with Crippen molar-refractivity contribution in [3.05, 3.63) is 130 Å². The van der Waals surface area contributed by atoms with Gasteiger partial charge >= 0.3 is 0 Å². The predicted octanol–water partition coefficient (Wildman–Crippen LogP) is 7.23. The van der Waals surface area contributed by atoms with Gasteiger partial charge in [-0.2, -0.15) is 4.31 Å². The van der Waals surface area contributed by atoms with Crippen LogP contribution in [0, 0.1) is 12.8 Å². The molecule has 0 unspecified atom stereocenters. The maximum atomic E-state index is 14.5. The quantitative estimate of drug-likeness (QED) is 0.218. The van der Waals surface area contributed by atoms with E-state index in [0.717, 1.165) is 25.5 Å². The van der Waals surface area contributed by atoms with Crippen LogP contribution in [0.2, 0.25) is 0 Å². The van der Waals surface area contributed by atoms with Gasteiger partial charge in [0, 0.05) is 9.86 Å². The van der Waals surface area contributed by atoms with E-state index < -0.39 is 27.8 Å². The SMILES string of the molecule is Cc1ccc(S(=O)(=O)N2C(=O)[C@@H](Cc3ccccc3)[C@@H](c3ccc(Br)cc3)c3oc4ccccc4c32)cc1. The second kappa shape index (κ2) is 9.57. The Morgan fingerprint density at radius 3 is 2.21 bits per heavy atom. The highest BCUT2D eigenvalue weighted by atomic mass is 79.9. The van der Waals surface area contributed by atoms with E-state index in [1.165, 1.54) is 0 Å². The summed E-state index contributed by atoms with van der Waals surface area (Å²) < 4.78 is 36.6. The lowest BCUT2D eigenvalue weighted by molar-refractivity contribution is -0.122. The van der Waals surface area contributed by atoms with Crippen LogP contribution in [0.1, 0.15) is 28.4 Å². The van der Waals surface area contributed by atoms with E-state index in [0.29, 0.717) is 28.8 Å². The molecule has 0 spiro atoms. The number of benzene rings is 4. The lowest BCUT2D eigenvalue weighted by atomic mass is 9.77. The number of sulfonamides is 1. The summed E-state index contributed by atoms with van der Waals surface area (Å²) >= 11 is 3.50. The summed E-state index contributed by atoms with van der Waals surface area (Å²) in [5, 5.41) is 0.590. The summed E-state index contributed by atoms with van der Waals surface area (Å²) in [6.45, 7) is 1.89. The Labute approximate surface area is 229 Å². The van der Waals surface area contributed by atoms with E-state index in [1.54, 1.807) is 36.4 Å². The summed E-state index contributed by atoms with van der Waals surface area (Å²) in [6.07, 6.45) is 0.358. The maximum Gasteiger partial charge on any atom is 0.271 e. The molecule has 38 heavy (non-hydrogen) atoms. The molecule has 1 aliphatic rings. The largest absolute Gasteiger partial charge is 0.458 e. The monoisotopic (exact) mass is 585 g/mol. The number of amides is 1. The second-order valence-electron chi connectivity index (χ2n) is 9.56. The third-order valence-corrected chi connectivity index (χ3v) is 9.33. The number of carbonyl (C=O) groups is 1. The highest BCUT2D eigenvalue weighted by Crippen LogP contribution is 2.50. The molecule has 0 bridgehead atoms. The number of carbonyl (C=O) groups excluding carboxylic acids is 1. The van der Waals surface area contributed by atoms with Crippen molar-refractivity contribution in [3.63, 3.8) is 0 Å². The Morgan fingerprint density at radius 1 is 0.842 bits per heavy atom. The first-order chi connectivity index (χ1) is 18.3. The van der Waals surface area contributed by atoms with Crippen molar-refractivity contribution < 1.29 is 17.6 Å². The van der Waals surface area contributed by atoms with Gasteiger partial charge in [-0.05, 0) is 60.9 Å². The summed E-state index contributed by atoms with van der Waals surface area (Å²) in [4.78, 5) is 14.5. The van der Waals surface area contributed by atoms with E-state index in [4.69, 9.17) is 4.42 Å². The van der Waals surface area contributed by atoms with Gasteiger partial charge in [0.25, 0.3) is 10.0 Å². The number of nitrogens with zero attached hydrogens (tertiary/aromatic N) is 1. The molecule has 5 aromatic rings. The Hall–Kier alpha value is -3.68. The van der Waals surface area contributed by atoms with Crippen LogP contribution in [0.25, 0.3) is 11.0 Å². The van der Waals surface area contributed by atoms with E-state index in [-0.39, 0.29) is 4.90 Å². The first-order valence-corrected chi connectivity index (χ1v) is 14.5. The van der Waals surface area contributed by atoms with Gasteiger partial charge in [-0.25, -0.2) is 8.42 Å². The fraction of sp³-hybridized carbons (Fsp3) is 0.129. The second-order valence-corrected chi connectivity index (χ2v) is 12.3. The zero-order chi connectivity index (χ0) is 26.4. The van der Waals surface area contributed by atoms with Gasteiger partial charge < -0.3 is 4.42 Å². The zero-order valence-corrected chi connectivity index (χ0v) is 22.9. The molecule has 6 rings (SSSR count). The molecule has 4 aromatic carbocycles. The van der Waals surface area contributed by atoms with E-state index in [2.05, 4.69) is 15.9 Å². The number of hydrogen-bond donors (Lipinski definition) is 0. The minimum atomic E-state index is -4.22. The van der Waals surface area contributed by atoms with E-state index in [1.807, 2.05) is 73.7 Å². The smallest absolute Gasteiger partial charge is 0.271 e. The van der Waals surface area contributed by atoms with E-state index >= 15 is 0 Å². The van der Waals surface area contributed by atoms with Crippen molar-refractivity contribution in [1.82, 2.24) is 0 Å². The highest BCUT2D eigenvalue weighted by Gasteiger charge is 2.49. The van der Waals surface area contributed by atoms with Crippen LogP contribution in [0.4, 0.5) is 5.69 Å². The number of anilines is 1. The van der Waals surface area contributed by atoms with Crippen molar-refractivity contribution in [2.45, 2.75) is 24.2 Å². The molecule has 0 radical (unpaired) electrons. The summed E-state index contributed by atoms with van der Waals surface area (Å²) in [7, 11) is -4.22. The van der Waals surface area contributed by atoms with Crippen LogP contribution < -0.4 is 4.31 Å². The molecule has 2 heterocycles. The van der Waals surface area contributed by atoms with Gasteiger partial charge in [0.05, 0.1) is 16.7 Å². The van der Waals surface area contributed by atoms with Crippen LogP contribution in [-0.4, -0.2) is 14.3 Å². The first kappa shape index (κ1) is 24.6. The molecule has 0 N–H and O–H groups in total. The van der Waals surface area contributed by atoms with Gasteiger partial charge in [0.15, 0.2) is 0 Å². The Morgan fingerprint density at radius 2 is 1.50 bits per heavy atom. The van der Waals surface area contributed by atoms with Crippen LogP contribution >= 0.6 is 15.9 Å². The molecular formula is C31H24BrNO4S. The number of aryl methyl sites for hydroxylation is 1. The van der Waals surface area contributed by atoms with Crippen molar-refractivity contribution in [2.75, 3.05) is 4.31 Å². The average molecular weight is 587 g/mol. The van der Waals surface area contributed by atoms with Crippen LogP contribution in [0.15, 0.2) is 117 Å². The molecule has 0 aliphatic carbocycles. The molecule has 0 fully saturated rings. The number of hydrogen-bond acceptors (Lipinski definition) is 4. The van der Waals surface area contributed by atoms with Gasteiger partial charge in [-0.1, -0.05) is 88.2 Å².